The van der Waals surface area contributed by atoms with E-state index in [1.807, 2.05) is 6.92 Å². The molecule has 2 nitrogen and oxygen atoms in total. The van der Waals surface area contributed by atoms with E-state index in [2.05, 4.69) is 0 Å². The highest BCUT2D eigenvalue weighted by atomic mass is 35.5. The fourth-order valence-corrected chi connectivity index (χ4v) is 2.38. The molecule has 1 aromatic rings. The highest BCUT2D eigenvalue weighted by Crippen LogP contribution is 2.23. The van der Waals surface area contributed by atoms with Gasteiger partial charge in [-0.05, 0) is 30.7 Å². The first kappa shape index (κ1) is 13.5. The van der Waals surface area contributed by atoms with Crippen LogP contribution in [0.3, 0.4) is 0 Å². The summed E-state index contributed by atoms with van der Waals surface area (Å²) in [5.74, 6) is -0.362. The molecule has 16 heavy (non-hydrogen) atoms. The number of hydrogen-bond acceptors (Lipinski definition) is 2. The Morgan fingerprint density at radius 1 is 1.44 bits per heavy atom. The first-order valence-corrected chi connectivity index (χ1v) is 6.27. The topological polar surface area (TPSA) is 43.1 Å². The predicted molar refractivity (Wildman–Crippen MR) is 61.2 cm³/mol. The fraction of sp³-hybridized carbons (Fsp3) is 0.400. The maximum Gasteiger partial charge on any atom is 0.337 e. The molecule has 0 radical (unpaired) electrons. The normalized spacial score (nSPS) is 15.8. The zero-order valence-electron chi connectivity index (χ0n) is 8.62. The number of aryl methyl sites for hydroxylation is 1. The van der Waals surface area contributed by atoms with Gasteiger partial charge >= 0.3 is 5.38 Å². The molecule has 0 aliphatic rings. The van der Waals surface area contributed by atoms with Crippen molar-refractivity contribution in [2.45, 2.75) is 23.2 Å². The lowest BCUT2D eigenvalue weighted by atomic mass is 10.2. The van der Waals surface area contributed by atoms with Crippen LogP contribution in [0.5, 0.6) is 0 Å². The van der Waals surface area contributed by atoms with Gasteiger partial charge in [-0.15, -0.1) is 0 Å². The largest absolute Gasteiger partial charge is 0.337 e. The summed E-state index contributed by atoms with van der Waals surface area (Å²) in [7, 11) is -1.56. The molecule has 0 saturated carbocycles. The van der Waals surface area contributed by atoms with Gasteiger partial charge in [0.15, 0.2) is 0 Å². The molecule has 0 aliphatic carbocycles. The van der Waals surface area contributed by atoms with Crippen molar-refractivity contribution >= 4 is 22.4 Å². The minimum atomic E-state index is -3.53. The van der Waals surface area contributed by atoms with E-state index in [-0.39, 0.29) is 5.75 Å². The highest BCUT2D eigenvalue weighted by Gasteiger charge is 2.35. The first-order chi connectivity index (χ1) is 7.30. The standard InChI is InChI=1S/C10H12ClF2NOS/c1-7-2-4-8(5-3-7)16(15)6-9(14)10(11,12)13/h2-5,9H,6,14H2,1H3/t9-,16-/m1/s1. The molecule has 0 aliphatic heterocycles. The molecule has 90 valence electrons. The van der Waals surface area contributed by atoms with Gasteiger partial charge in [-0.25, -0.2) is 0 Å². The third-order valence-corrected chi connectivity index (χ3v) is 3.78. The van der Waals surface area contributed by atoms with E-state index in [0.717, 1.165) is 5.56 Å². The maximum atomic E-state index is 12.6. The minimum absolute atomic E-state index is 0.362. The predicted octanol–water partition coefficient (Wildman–Crippen LogP) is 2.26. The van der Waals surface area contributed by atoms with Crippen LogP contribution in [0.4, 0.5) is 8.78 Å². The van der Waals surface area contributed by atoms with E-state index < -0.39 is 22.2 Å². The van der Waals surface area contributed by atoms with Crippen molar-refractivity contribution in [3.05, 3.63) is 29.8 Å². The van der Waals surface area contributed by atoms with Crippen LogP contribution in [0.1, 0.15) is 5.56 Å². The van der Waals surface area contributed by atoms with Gasteiger partial charge < -0.3 is 5.73 Å². The molecule has 0 spiro atoms. The lowest BCUT2D eigenvalue weighted by molar-refractivity contribution is 0.0737. The Labute approximate surface area is 100 Å². The summed E-state index contributed by atoms with van der Waals surface area (Å²) < 4.78 is 36.8. The number of alkyl halides is 3. The van der Waals surface area contributed by atoms with E-state index in [1.165, 1.54) is 0 Å². The van der Waals surface area contributed by atoms with Crippen LogP contribution < -0.4 is 5.73 Å². The van der Waals surface area contributed by atoms with E-state index in [9.17, 15) is 13.0 Å². The molecule has 0 unspecified atom stereocenters. The molecular formula is C10H12ClF2NOS. The minimum Gasteiger partial charge on any atom is -0.321 e. The van der Waals surface area contributed by atoms with Crippen molar-refractivity contribution in [2.75, 3.05) is 5.75 Å². The fourth-order valence-electron chi connectivity index (χ4n) is 1.04. The second-order valence-electron chi connectivity index (χ2n) is 3.47. The molecule has 1 rings (SSSR count). The van der Waals surface area contributed by atoms with Crippen LogP contribution in [0.2, 0.25) is 0 Å². The molecule has 0 bridgehead atoms. The van der Waals surface area contributed by atoms with E-state index in [4.69, 9.17) is 17.3 Å². The summed E-state index contributed by atoms with van der Waals surface area (Å²) in [6.45, 7) is 1.88. The van der Waals surface area contributed by atoms with Gasteiger partial charge in [-0.1, -0.05) is 17.7 Å². The quantitative estimate of drug-likeness (QED) is 0.851. The summed E-state index contributed by atoms with van der Waals surface area (Å²) in [6.07, 6.45) is 0. The lowest BCUT2D eigenvalue weighted by Crippen LogP contribution is -2.40. The van der Waals surface area contributed by atoms with E-state index in [1.54, 1.807) is 24.3 Å². The maximum absolute atomic E-state index is 12.6. The van der Waals surface area contributed by atoms with Crippen LogP contribution in [-0.4, -0.2) is 21.4 Å². The van der Waals surface area contributed by atoms with E-state index in [0.29, 0.717) is 4.90 Å². The van der Waals surface area contributed by atoms with Gasteiger partial charge in [0.05, 0.1) is 22.6 Å². The monoisotopic (exact) mass is 267 g/mol. The molecule has 6 heteroatoms. The van der Waals surface area contributed by atoms with Gasteiger partial charge in [-0.3, -0.25) is 4.21 Å². The van der Waals surface area contributed by atoms with Gasteiger partial charge in [-0.2, -0.15) is 8.78 Å². The molecule has 0 fully saturated rings. The average molecular weight is 268 g/mol. The third kappa shape index (κ3) is 3.81. The SMILES string of the molecule is Cc1ccc([S@](=O)C[C@@H](N)C(F)(F)Cl)cc1. The van der Waals surface area contributed by atoms with E-state index >= 15 is 0 Å². The van der Waals surface area contributed by atoms with Crippen molar-refractivity contribution in [1.29, 1.82) is 0 Å². The molecular weight excluding hydrogens is 256 g/mol. The van der Waals surface area contributed by atoms with Crippen molar-refractivity contribution in [2.24, 2.45) is 5.73 Å². The molecule has 0 aromatic heterocycles. The number of benzene rings is 1. The van der Waals surface area contributed by atoms with Crippen LogP contribution in [-0.2, 0) is 10.8 Å². The molecule has 2 N–H and O–H groups in total. The highest BCUT2D eigenvalue weighted by molar-refractivity contribution is 7.85. The van der Waals surface area contributed by atoms with Gasteiger partial charge in [0.2, 0.25) is 0 Å². The number of hydrogen-bond donors (Lipinski definition) is 1. The molecule has 1 aromatic carbocycles. The Balaban J connectivity index is 2.70. The van der Waals surface area contributed by atoms with Gasteiger partial charge in [0.1, 0.15) is 0 Å². The zero-order chi connectivity index (χ0) is 12.3. The average Bonchev–Trinajstić information content (AvgIpc) is 2.17. The van der Waals surface area contributed by atoms with Crippen molar-refractivity contribution in [3.8, 4) is 0 Å². The Kier molecular flexibility index (Phi) is 4.41. The summed E-state index contributed by atoms with van der Waals surface area (Å²) in [4.78, 5) is 0.474. The van der Waals surface area contributed by atoms with Crippen LogP contribution >= 0.6 is 11.6 Å². The Bertz CT molecular complexity index is 377. The first-order valence-electron chi connectivity index (χ1n) is 4.58. The second kappa shape index (κ2) is 5.21. The van der Waals surface area contributed by atoms with Crippen molar-refractivity contribution in [3.63, 3.8) is 0 Å². The summed E-state index contributed by atoms with van der Waals surface area (Å²) in [5, 5.41) is -3.53. The lowest BCUT2D eigenvalue weighted by Gasteiger charge is -2.16. The van der Waals surface area contributed by atoms with Crippen LogP contribution in [0.15, 0.2) is 29.2 Å². The Hall–Kier alpha value is -0.520. The summed E-state index contributed by atoms with van der Waals surface area (Å²) in [6, 6.07) is 5.17. The number of nitrogens with two attached hydrogens (primary N) is 1. The molecule has 0 saturated heterocycles. The molecule has 0 heterocycles. The van der Waals surface area contributed by atoms with Crippen LogP contribution in [0.25, 0.3) is 0 Å². The third-order valence-electron chi connectivity index (χ3n) is 2.04. The van der Waals surface area contributed by atoms with Crippen molar-refractivity contribution in [1.82, 2.24) is 0 Å². The molecule has 2 atom stereocenters. The Morgan fingerprint density at radius 2 is 1.94 bits per heavy atom. The van der Waals surface area contributed by atoms with Crippen molar-refractivity contribution < 1.29 is 13.0 Å². The smallest absolute Gasteiger partial charge is 0.321 e. The zero-order valence-corrected chi connectivity index (χ0v) is 10.2. The Morgan fingerprint density at radius 3 is 2.38 bits per heavy atom. The number of halogens is 3. The van der Waals surface area contributed by atoms with Crippen LogP contribution in [0, 0.1) is 6.92 Å². The summed E-state index contributed by atoms with van der Waals surface area (Å²) in [5.41, 5.74) is 6.15. The van der Waals surface area contributed by atoms with Gasteiger partial charge in [0, 0.05) is 4.90 Å². The molecule has 0 amide bonds. The second-order valence-corrected chi connectivity index (χ2v) is 5.47. The summed E-state index contributed by atoms with van der Waals surface area (Å²) >= 11 is 4.75. The number of rotatable bonds is 4. The van der Waals surface area contributed by atoms with Gasteiger partial charge in [0.25, 0.3) is 0 Å².